The Kier molecular flexibility index (Phi) is 8.28. The van der Waals surface area contributed by atoms with Crippen LogP contribution in [-0.4, -0.2) is 25.7 Å². The van der Waals surface area contributed by atoms with Gasteiger partial charge in [-0.3, -0.25) is 0 Å². The maximum absolute atomic E-state index is 5.73. The van der Waals surface area contributed by atoms with Gasteiger partial charge in [-0.05, 0) is 67.8 Å². The van der Waals surface area contributed by atoms with Crippen molar-refractivity contribution in [1.82, 2.24) is 10.6 Å². The van der Waals surface area contributed by atoms with E-state index in [1.807, 2.05) is 26.0 Å². The van der Waals surface area contributed by atoms with Crippen LogP contribution in [0.25, 0.3) is 0 Å². The number of thiophene rings is 1. The molecular weight excluding hydrogens is 346 g/mol. The van der Waals surface area contributed by atoms with Crippen molar-refractivity contribution >= 4 is 17.3 Å². The van der Waals surface area contributed by atoms with E-state index in [4.69, 9.17) is 9.47 Å². The zero-order valence-corrected chi connectivity index (χ0v) is 16.9. The minimum Gasteiger partial charge on any atom is -0.490 e. The van der Waals surface area contributed by atoms with Crippen LogP contribution in [-0.2, 0) is 6.54 Å². The molecule has 0 saturated carbocycles. The fraction of sp³-hybridized carbons (Fsp3) is 0.450. The molecule has 0 spiro atoms. The van der Waals surface area contributed by atoms with Crippen LogP contribution in [0.3, 0.4) is 0 Å². The molecule has 142 valence electrons. The lowest BCUT2D eigenvalue weighted by molar-refractivity contribution is 0.287. The normalized spacial score (nSPS) is 12.5. The third-order valence-corrected chi connectivity index (χ3v) is 4.50. The Hall–Kier alpha value is -2.21. The molecular formula is C20H29N3O2S. The number of rotatable bonds is 9. The molecule has 26 heavy (non-hydrogen) atoms. The number of aliphatic imine (C=N–C) groups is 1. The maximum Gasteiger partial charge on any atom is 0.192 e. The lowest BCUT2D eigenvalue weighted by atomic mass is 10.1. The fourth-order valence-electron chi connectivity index (χ4n) is 2.50. The van der Waals surface area contributed by atoms with Crippen LogP contribution in [0, 0.1) is 0 Å². The van der Waals surface area contributed by atoms with E-state index in [0.29, 0.717) is 19.8 Å². The largest absolute Gasteiger partial charge is 0.490 e. The Labute approximate surface area is 160 Å². The number of ether oxygens (including phenoxy) is 2. The average Bonchev–Trinajstić information content (AvgIpc) is 3.15. The van der Waals surface area contributed by atoms with Crippen LogP contribution in [0.4, 0.5) is 0 Å². The van der Waals surface area contributed by atoms with E-state index < -0.39 is 0 Å². The van der Waals surface area contributed by atoms with Crippen LogP contribution >= 0.6 is 11.3 Å². The molecule has 0 aliphatic heterocycles. The summed E-state index contributed by atoms with van der Waals surface area (Å²) in [7, 11) is 0. The Morgan fingerprint density at radius 3 is 2.54 bits per heavy atom. The molecule has 2 aromatic rings. The zero-order chi connectivity index (χ0) is 18.8. The lowest BCUT2D eigenvalue weighted by Crippen LogP contribution is -2.38. The summed E-state index contributed by atoms with van der Waals surface area (Å²) in [4.78, 5) is 4.67. The molecule has 5 nitrogen and oxygen atoms in total. The first kappa shape index (κ1) is 20.1. The first-order valence-electron chi connectivity index (χ1n) is 9.13. The first-order chi connectivity index (χ1) is 12.7. The second-order valence-electron chi connectivity index (χ2n) is 5.76. The van der Waals surface area contributed by atoms with E-state index in [2.05, 4.69) is 52.4 Å². The summed E-state index contributed by atoms with van der Waals surface area (Å²) in [6, 6.07) is 8.26. The molecule has 0 aliphatic rings. The Morgan fingerprint density at radius 2 is 1.88 bits per heavy atom. The van der Waals surface area contributed by atoms with Crippen molar-refractivity contribution in [1.29, 1.82) is 0 Å². The number of nitrogens with zero attached hydrogens (tertiary/aromatic N) is 1. The maximum atomic E-state index is 5.73. The van der Waals surface area contributed by atoms with E-state index in [1.54, 1.807) is 11.3 Å². The number of guanidine groups is 1. The standard InChI is InChI=1S/C20H29N3O2S/c1-5-21-20(22-13-16-10-11-26-14-16)23-15(4)17-8-9-18(24-6-2)19(12-17)25-7-3/h8-12,14-15H,5-7,13H2,1-4H3,(H2,21,22,23). The van der Waals surface area contributed by atoms with Crippen LogP contribution < -0.4 is 20.1 Å². The molecule has 0 saturated heterocycles. The van der Waals surface area contributed by atoms with E-state index in [-0.39, 0.29) is 6.04 Å². The molecule has 0 aliphatic carbocycles. The van der Waals surface area contributed by atoms with Crippen LogP contribution in [0.1, 0.15) is 44.9 Å². The minimum absolute atomic E-state index is 0.0881. The highest BCUT2D eigenvalue weighted by Gasteiger charge is 2.12. The molecule has 1 aromatic heterocycles. The predicted octanol–water partition coefficient (Wildman–Crippen LogP) is 4.36. The molecule has 2 rings (SSSR count). The van der Waals surface area contributed by atoms with Gasteiger partial charge in [-0.1, -0.05) is 6.07 Å². The Bertz CT molecular complexity index is 686. The molecule has 6 heteroatoms. The third-order valence-electron chi connectivity index (χ3n) is 3.76. The molecule has 1 unspecified atom stereocenters. The van der Waals surface area contributed by atoms with Crippen LogP contribution in [0.5, 0.6) is 11.5 Å². The molecule has 0 amide bonds. The highest BCUT2D eigenvalue weighted by atomic mass is 32.1. The second kappa shape index (κ2) is 10.7. The highest BCUT2D eigenvalue weighted by molar-refractivity contribution is 7.07. The molecule has 1 heterocycles. The lowest BCUT2D eigenvalue weighted by Gasteiger charge is -2.20. The van der Waals surface area contributed by atoms with Crippen molar-refractivity contribution in [2.75, 3.05) is 19.8 Å². The summed E-state index contributed by atoms with van der Waals surface area (Å²) in [6.45, 7) is 10.8. The van der Waals surface area contributed by atoms with Gasteiger partial charge in [0.25, 0.3) is 0 Å². The minimum atomic E-state index is 0.0881. The van der Waals surface area contributed by atoms with Crippen molar-refractivity contribution in [3.63, 3.8) is 0 Å². The van der Waals surface area contributed by atoms with E-state index >= 15 is 0 Å². The van der Waals surface area contributed by atoms with Gasteiger partial charge in [-0.2, -0.15) is 11.3 Å². The van der Waals surface area contributed by atoms with Crippen molar-refractivity contribution in [3.05, 3.63) is 46.2 Å². The van der Waals surface area contributed by atoms with Gasteiger partial charge in [0, 0.05) is 6.54 Å². The van der Waals surface area contributed by atoms with Gasteiger partial charge in [0.05, 0.1) is 25.8 Å². The van der Waals surface area contributed by atoms with E-state index in [1.165, 1.54) is 5.56 Å². The number of benzene rings is 1. The fourth-order valence-corrected chi connectivity index (χ4v) is 3.16. The summed E-state index contributed by atoms with van der Waals surface area (Å²) >= 11 is 1.69. The van der Waals surface area contributed by atoms with Gasteiger partial charge in [-0.15, -0.1) is 0 Å². The van der Waals surface area contributed by atoms with Gasteiger partial charge in [0.1, 0.15) is 0 Å². The molecule has 0 fully saturated rings. The van der Waals surface area contributed by atoms with Crippen molar-refractivity contribution in [3.8, 4) is 11.5 Å². The van der Waals surface area contributed by atoms with Crippen LogP contribution in [0.15, 0.2) is 40.0 Å². The summed E-state index contributed by atoms with van der Waals surface area (Å²) in [6.07, 6.45) is 0. The number of hydrogen-bond donors (Lipinski definition) is 2. The molecule has 0 bridgehead atoms. The van der Waals surface area contributed by atoms with E-state index in [9.17, 15) is 0 Å². The summed E-state index contributed by atoms with van der Waals surface area (Å²) in [5, 5.41) is 11.0. The average molecular weight is 376 g/mol. The number of hydrogen-bond acceptors (Lipinski definition) is 4. The Balaban J connectivity index is 2.11. The second-order valence-corrected chi connectivity index (χ2v) is 6.55. The number of nitrogens with one attached hydrogen (secondary N) is 2. The van der Waals surface area contributed by atoms with Gasteiger partial charge < -0.3 is 20.1 Å². The summed E-state index contributed by atoms with van der Waals surface area (Å²) < 4.78 is 11.4. The highest BCUT2D eigenvalue weighted by Crippen LogP contribution is 2.30. The van der Waals surface area contributed by atoms with Gasteiger partial charge in [-0.25, -0.2) is 4.99 Å². The van der Waals surface area contributed by atoms with Crippen molar-refractivity contribution in [2.24, 2.45) is 4.99 Å². The first-order valence-corrected chi connectivity index (χ1v) is 10.1. The third kappa shape index (κ3) is 5.95. The topological polar surface area (TPSA) is 54.9 Å². The predicted molar refractivity (Wildman–Crippen MR) is 109 cm³/mol. The smallest absolute Gasteiger partial charge is 0.192 e. The molecule has 2 N–H and O–H groups in total. The van der Waals surface area contributed by atoms with E-state index in [0.717, 1.165) is 29.6 Å². The van der Waals surface area contributed by atoms with Gasteiger partial charge >= 0.3 is 0 Å². The van der Waals surface area contributed by atoms with Gasteiger partial charge in [0.2, 0.25) is 0 Å². The monoisotopic (exact) mass is 375 g/mol. The van der Waals surface area contributed by atoms with Crippen LogP contribution in [0.2, 0.25) is 0 Å². The van der Waals surface area contributed by atoms with Crippen molar-refractivity contribution in [2.45, 2.75) is 40.3 Å². The Morgan fingerprint density at radius 1 is 1.12 bits per heavy atom. The van der Waals surface area contributed by atoms with Crippen molar-refractivity contribution < 1.29 is 9.47 Å². The molecule has 1 atom stereocenters. The summed E-state index contributed by atoms with van der Waals surface area (Å²) in [5.41, 5.74) is 2.34. The molecule has 0 radical (unpaired) electrons. The zero-order valence-electron chi connectivity index (χ0n) is 16.0. The van der Waals surface area contributed by atoms with Gasteiger partial charge in [0.15, 0.2) is 17.5 Å². The molecule has 1 aromatic carbocycles. The quantitative estimate of drug-likeness (QED) is 0.505. The summed E-state index contributed by atoms with van der Waals surface area (Å²) in [5.74, 6) is 2.36. The SMILES string of the molecule is CCNC(=NCc1ccsc1)NC(C)c1ccc(OCC)c(OCC)c1.